The second-order valence-electron chi connectivity index (χ2n) is 4.33. The number of hydrogen-bond donors (Lipinski definition) is 0. The standard InChI is InChI=1S/C15H12BCl/c17-16(13-7-2-1-3-8-13)15-11-10-12-6-4-5-9-14(12)15/h1-11,15H. The first-order chi connectivity index (χ1) is 8.36. The van der Waals surface area contributed by atoms with Crippen molar-refractivity contribution in [1.29, 1.82) is 0 Å². The zero-order valence-electron chi connectivity index (χ0n) is 9.38. The fourth-order valence-electron chi connectivity index (χ4n) is 2.38. The van der Waals surface area contributed by atoms with E-state index >= 15 is 0 Å². The average molecular weight is 239 g/mol. The molecule has 0 heterocycles. The second kappa shape index (κ2) is 4.42. The predicted molar refractivity (Wildman–Crippen MR) is 75.9 cm³/mol. The Morgan fingerprint density at radius 1 is 0.882 bits per heavy atom. The van der Waals surface area contributed by atoms with Crippen LogP contribution in [-0.4, -0.2) is 6.13 Å². The topological polar surface area (TPSA) is 0 Å². The van der Waals surface area contributed by atoms with E-state index in [4.69, 9.17) is 11.5 Å². The van der Waals surface area contributed by atoms with Crippen molar-refractivity contribution in [3.63, 3.8) is 0 Å². The van der Waals surface area contributed by atoms with Crippen LogP contribution >= 0.6 is 11.5 Å². The molecule has 0 saturated carbocycles. The summed E-state index contributed by atoms with van der Waals surface area (Å²) in [5.74, 6) is 0.287. The van der Waals surface area contributed by atoms with Crippen molar-refractivity contribution in [3.8, 4) is 0 Å². The van der Waals surface area contributed by atoms with Crippen LogP contribution in [0.5, 0.6) is 0 Å². The molecule has 2 aromatic carbocycles. The van der Waals surface area contributed by atoms with E-state index in [9.17, 15) is 0 Å². The second-order valence-corrected chi connectivity index (χ2v) is 4.80. The van der Waals surface area contributed by atoms with Crippen LogP contribution in [0, 0.1) is 0 Å². The van der Waals surface area contributed by atoms with Gasteiger partial charge in [-0.25, -0.2) is 0 Å². The normalized spacial score (nSPS) is 16.9. The molecule has 0 aliphatic heterocycles. The third-order valence-corrected chi connectivity index (χ3v) is 3.79. The van der Waals surface area contributed by atoms with Crippen molar-refractivity contribution in [1.82, 2.24) is 0 Å². The Morgan fingerprint density at radius 3 is 2.41 bits per heavy atom. The molecule has 3 rings (SSSR count). The van der Waals surface area contributed by atoms with E-state index in [1.807, 2.05) is 18.2 Å². The molecular weight excluding hydrogens is 226 g/mol. The highest BCUT2D eigenvalue weighted by Gasteiger charge is 2.28. The van der Waals surface area contributed by atoms with E-state index < -0.39 is 0 Å². The van der Waals surface area contributed by atoms with Crippen molar-refractivity contribution < 1.29 is 0 Å². The minimum atomic E-state index is 0.0103. The molecule has 1 unspecified atom stereocenters. The van der Waals surface area contributed by atoms with Gasteiger partial charge in [0.1, 0.15) is 0 Å². The Kier molecular flexibility index (Phi) is 2.78. The monoisotopic (exact) mass is 238 g/mol. The molecule has 0 fully saturated rings. The lowest BCUT2D eigenvalue weighted by Gasteiger charge is -2.14. The van der Waals surface area contributed by atoms with Crippen LogP contribution in [0.1, 0.15) is 16.9 Å². The van der Waals surface area contributed by atoms with Gasteiger partial charge in [-0.3, -0.25) is 0 Å². The fourth-order valence-corrected chi connectivity index (χ4v) is 2.74. The molecular formula is C15H12BCl. The van der Waals surface area contributed by atoms with E-state index in [1.54, 1.807) is 0 Å². The Labute approximate surface area is 107 Å². The zero-order chi connectivity index (χ0) is 11.7. The number of benzene rings is 2. The van der Waals surface area contributed by atoms with Gasteiger partial charge in [0.05, 0.1) is 0 Å². The summed E-state index contributed by atoms with van der Waals surface area (Å²) in [4.78, 5) is 0. The zero-order valence-corrected chi connectivity index (χ0v) is 10.1. The first kappa shape index (κ1) is 10.7. The largest absolute Gasteiger partial charge is 0.294 e. The van der Waals surface area contributed by atoms with E-state index in [0.29, 0.717) is 0 Å². The fraction of sp³-hybridized carbons (Fsp3) is 0.0667. The van der Waals surface area contributed by atoms with E-state index in [2.05, 4.69) is 48.6 Å². The van der Waals surface area contributed by atoms with Crippen LogP contribution in [-0.2, 0) is 0 Å². The van der Waals surface area contributed by atoms with E-state index in [0.717, 1.165) is 0 Å². The molecule has 17 heavy (non-hydrogen) atoms. The van der Waals surface area contributed by atoms with Crippen LogP contribution in [0.3, 0.4) is 0 Å². The summed E-state index contributed by atoms with van der Waals surface area (Å²) in [5, 5.41) is 0. The van der Waals surface area contributed by atoms with Crippen LogP contribution < -0.4 is 5.46 Å². The smallest absolute Gasteiger partial charge is 0.188 e. The van der Waals surface area contributed by atoms with E-state index in [-0.39, 0.29) is 11.9 Å². The molecule has 0 amide bonds. The van der Waals surface area contributed by atoms with Crippen molar-refractivity contribution in [3.05, 3.63) is 71.8 Å². The number of rotatable bonds is 2. The highest BCUT2D eigenvalue weighted by Crippen LogP contribution is 2.32. The SMILES string of the molecule is ClB(c1ccccc1)C1C=Cc2ccccc21. The molecule has 82 valence electrons. The van der Waals surface area contributed by atoms with Gasteiger partial charge in [-0.15, -0.1) is 0 Å². The van der Waals surface area contributed by atoms with Gasteiger partial charge in [-0.1, -0.05) is 72.2 Å². The highest BCUT2D eigenvalue weighted by atomic mass is 35.5. The van der Waals surface area contributed by atoms with Gasteiger partial charge in [-0.2, -0.15) is 11.5 Å². The Balaban J connectivity index is 1.95. The van der Waals surface area contributed by atoms with Crippen LogP contribution in [0.15, 0.2) is 60.7 Å². The maximum absolute atomic E-state index is 6.59. The first-order valence-corrected chi connectivity index (χ1v) is 6.26. The highest BCUT2D eigenvalue weighted by molar-refractivity contribution is 7.15. The molecule has 0 nitrogen and oxygen atoms in total. The summed E-state index contributed by atoms with van der Waals surface area (Å²) in [6.07, 6.45) is 4.38. The predicted octanol–water partition coefficient (Wildman–Crippen LogP) is 3.47. The molecule has 2 aromatic rings. The van der Waals surface area contributed by atoms with Gasteiger partial charge in [0.15, 0.2) is 0 Å². The molecule has 0 aromatic heterocycles. The molecule has 2 heteroatoms. The summed E-state index contributed by atoms with van der Waals surface area (Å²) in [7, 11) is 0. The number of fused-ring (bicyclic) bond motifs is 1. The van der Waals surface area contributed by atoms with Crippen molar-refractivity contribution in [2.45, 2.75) is 5.82 Å². The Bertz CT molecular complexity index is 548. The first-order valence-electron chi connectivity index (χ1n) is 5.82. The summed E-state index contributed by atoms with van der Waals surface area (Å²) in [6.45, 7) is 0. The third-order valence-electron chi connectivity index (χ3n) is 3.27. The minimum Gasteiger partial charge on any atom is -0.188 e. The molecule has 0 radical (unpaired) electrons. The molecule has 1 atom stereocenters. The molecule has 1 aliphatic carbocycles. The molecule has 0 N–H and O–H groups in total. The summed E-state index contributed by atoms with van der Waals surface area (Å²) < 4.78 is 0. The van der Waals surface area contributed by atoms with Crippen molar-refractivity contribution in [2.75, 3.05) is 0 Å². The molecule has 1 aliphatic rings. The van der Waals surface area contributed by atoms with Crippen LogP contribution in [0.25, 0.3) is 6.08 Å². The summed E-state index contributed by atoms with van der Waals surface area (Å²) in [5.41, 5.74) is 3.80. The molecule has 0 bridgehead atoms. The van der Waals surface area contributed by atoms with Gasteiger partial charge in [0, 0.05) is 5.82 Å². The van der Waals surface area contributed by atoms with Gasteiger partial charge in [0.2, 0.25) is 0 Å². The van der Waals surface area contributed by atoms with Crippen LogP contribution in [0.4, 0.5) is 0 Å². The lowest BCUT2D eigenvalue weighted by Crippen LogP contribution is -2.30. The van der Waals surface area contributed by atoms with Gasteiger partial charge in [0.25, 0.3) is 6.13 Å². The quantitative estimate of drug-likeness (QED) is 0.703. The Morgan fingerprint density at radius 2 is 1.59 bits per heavy atom. The Hall–Kier alpha value is -1.47. The molecule has 0 saturated heterocycles. The lowest BCUT2D eigenvalue weighted by molar-refractivity contribution is 1.23. The number of hydrogen-bond acceptors (Lipinski definition) is 0. The van der Waals surface area contributed by atoms with Crippen molar-refractivity contribution >= 4 is 29.1 Å². The van der Waals surface area contributed by atoms with Gasteiger partial charge >= 0.3 is 0 Å². The van der Waals surface area contributed by atoms with Crippen LogP contribution in [0.2, 0.25) is 0 Å². The van der Waals surface area contributed by atoms with Crippen molar-refractivity contribution in [2.24, 2.45) is 0 Å². The maximum atomic E-state index is 6.59. The minimum absolute atomic E-state index is 0.0103. The summed E-state index contributed by atoms with van der Waals surface area (Å²) in [6, 6.07) is 18.7. The number of allylic oxidation sites excluding steroid dienone is 1. The van der Waals surface area contributed by atoms with E-state index in [1.165, 1.54) is 16.6 Å². The van der Waals surface area contributed by atoms with Gasteiger partial charge < -0.3 is 0 Å². The number of halogens is 1. The average Bonchev–Trinajstić information content (AvgIpc) is 2.83. The summed E-state index contributed by atoms with van der Waals surface area (Å²) >= 11 is 6.59. The molecule has 0 spiro atoms. The lowest BCUT2D eigenvalue weighted by atomic mass is 9.56. The van der Waals surface area contributed by atoms with Gasteiger partial charge in [-0.05, 0) is 11.1 Å². The third kappa shape index (κ3) is 1.91. The maximum Gasteiger partial charge on any atom is 0.294 e.